The first-order valence-corrected chi connectivity index (χ1v) is 40.5. The van der Waals surface area contributed by atoms with Gasteiger partial charge in [-0.05, 0) is 43.5 Å². The summed E-state index contributed by atoms with van der Waals surface area (Å²) in [6.07, 6.45) is 13.8. The molecule has 2 fully saturated rings. The lowest BCUT2D eigenvalue weighted by Crippen LogP contribution is -2.68. The summed E-state index contributed by atoms with van der Waals surface area (Å²) >= 11 is 35.7. The number of alkyl halides is 6. The van der Waals surface area contributed by atoms with E-state index in [1.165, 1.54) is 101 Å². The van der Waals surface area contributed by atoms with Gasteiger partial charge in [-0.3, -0.25) is 23.7 Å². The van der Waals surface area contributed by atoms with Crippen molar-refractivity contribution in [2.45, 2.75) is 308 Å². The van der Waals surface area contributed by atoms with E-state index in [4.69, 9.17) is 121 Å². The van der Waals surface area contributed by atoms with Crippen LogP contribution in [0.1, 0.15) is 239 Å². The van der Waals surface area contributed by atoms with E-state index in [-0.39, 0.29) is 30.8 Å². The van der Waals surface area contributed by atoms with Crippen molar-refractivity contribution < 1.29 is 95.0 Å². The number of hydrogen-bond acceptors (Lipinski definition) is 20. The standard InChI is InChI=1S/C72H112Cl6N3O20P/c1-4-7-10-13-16-19-21-24-27-30-39-46-58(83)80-61-65(97-59(84)47-40-31-28-25-22-20-17-14-11-8-5-2)63(86)55(95-67(61)87)49-91-68-62(81-69(88)93-51-71(73,74)75)66(98-60(85)48-79-57(82)45-38-29-26-23-18-15-12-9-6-3)64(56(96-68)50-92-70(89)94-52-72(76,77)78)101-102(90,99-53-41-34-32-35-42-53)100-54-43-36-33-37-44-54/h32-37,41-44,55-56,61-68,86-87H,4-31,38-40,45-52H2,1-3H3,(H,79,82)(H,80,83)(H,81,88)/t55-,56-,61-,62-,63-,64-,65-,66-,67+,68-/m1/s1. The summed E-state index contributed by atoms with van der Waals surface area (Å²) < 4.78 is 76.3. The van der Waals surface area contributed by atoms with Gasteiger partial charge in [-0.15, -0.1) is 0 Å². The zero-order valence-corrected chi connectivity index (χ0v) is 65.0. The third-order valence-electron chi connectivity index (χ3n) is 17.1. The molecular formula is C72H112Cl6N3O20P. The Morgan fingerprint density at radius 2 is 0.902 bits per heavy atom. The molecule has 0 bridgehead atoms. The minimum atomic E-state index is -5.19. The number of alkyl carbamates (subject to hydrolysis) is 1. The monoisotopic (exact) mass is 1580 g/mol. The molecule has 10 atom stereocenters. The Morgan fingerprint density at radius 3 is 1.37 bits per heavy atom. The van der Waals surface area contributed by atoms with E-state index in [9.17, 15) is 39.0 Å². The van der Waals surface area contributed by atoms with Crippen molar-refractivity contribution >= 4 is 113 Å². The smallest absolute Gasteiger partial charge is 0.457 e. The number of phosphoric ester groups is 1. The van der Waals surface area contributed by atoms with Gasteiger partial charge < -0.3 is 73.1 Å². The lowest BCUT2D eigenvalue weighted by atomic mass is 9.95. The van der Waals surface area contributed by atoms with Crippen molar-refractivity contribution in [2.75, 3.05) is 33.0 Å². The second-order valence-electron chi connectivity index (χ2n) is 26.0. The van der Waals surface area contributed by atoms with Crippen LogP contribution in [0, 0.1) is 0 Å². The molecule has 0 radical (unpaired) electrons. The molecule has 5 N–H and O–H groups in total. The van der Waals surface area contributed by atoms with E-state index in [2.05, 4.69) is 36.7 Å². The Labute approximate surface area is 633 Å². The van der Waals surface area contributed by atoms with E-state index in [1.807, 2.05) is 0 Å². The number of para-hydroxylation sites is 2. The first-order valence-electron chi connectivity index (χ1n) is 36.8. The van der Waals surface area contributed by atoms with Crippen LogP contribution >= 0.6 is 77.4 Å². The average molecular weight is 1580 g/mol. The fourth-order valence-electron chi connectivity index (χ4n) is 11.6. The van der Waals surface area contributed by atoms with Crippen molar-refractivity contribution in [3.63, 3.8) is 0 Å². The fraction of sp³-hybridized carbons (Fsp3) is 0.750. The van der Waals surface area contributed by atoms with E-state index in [0.717, 1.165) is 103 Å². The third kappa shape index (κ3) is 40.2. The molecule has 2 aromatic carbocycles. The molecule has 2 heterocycles. The molecule has 4 rings (SSSR count). The van der Waals surface area contributed by atoms with Crippen molar-refractivity contribution in [3.05, 3.63) is 60.7 Å². The minimum absolute atomic E-state index is 0.0526. The highest BCUT2D eigenvalue weighted by Gasteiger charge is 2.56. The minimum Gasteiger partial charge on any atom is -0.457 e. The number of benzene rings is 2. The van der Waals surface area contributed by atoms with Gasteiger partial charge in [0.1, 0.15) is 74.4 Å². The highest BCUT2D eigenvalue weighted by atomic mass is 35.6. The maximum atomic E-state index is 15.5. The van der Waals surface area contributed by atoms with Crippen LogP contribution < -0.4 is 25.0 Å². The quantitative estimate of drug-likeness (QED) is 0.0135. The number of aliphatic hydroxyl groups excluding tert-OH is 2. The molecule has 0 aromatic heterocycles. The number of aliphatic hydroxyl groups is 2. The summed E-state index contributed by atoms with van der Waals surface area (Å²) in [4.78, 5) is 82.7. The number of unbranched alkanes of at least 4 members (excludes halogenated alkanes) is 28. The zero-order valence-electron chi connectivity index (χ0n) is 59.6. The molecule has 0 aliphatic carbocycles. The molecular weight excluding hydrogens is 1470 g/mol. The zero-order chi connectivity index (χ0) is 74.4. The predicted octanol–water partition coefficient (Wildman–Crippen LogP) is 17.2. The molecule has 102 heavy (non-hydrogen) atoms. The molecule has 0 saturated carbocycles. The molecule has 0 spiro atoms. The number of esters is 2. The van der Waals surface area contributed by atoms with Gasteiger partial charge in [-0.25, -0.2) is 14.2 Å². The van der Waals surface area contributed by atoms with Crippen molar-refractivity contribution in [1.82, 2.24) is 16.0 Å². The Morgan fingerprint density at radius 1 is 0.471 bits per heavy atom. The number of ether oxygens (including phenoxy) is 8. The SMILES string of the molecule is CCCCCCCCCCCCCC(=O)N[C@@H]1[C@@H](OC(=O)CCCCCCCCCCCCC)[C@H](O)[C@@H](CO[C@@H]2O[C@H](COC(=O)OCC(Cl)(Cl)Cl)[C@@H](OP(=O)(Oc3ccccc3)Oc3ccccc3)[C@H](OC(=O)CNC(=O)CCCCCCCCCCC)[C@H]2NC(=O)OCC(Cl)(Cl)Cl)O[C@@H]1O. The van der Waals surface area contributed by atoms with Crippen LogP contribution in [0.5, 0.6) is 11.5 Å². The van der Waals surface area contributed by atoms with E-state index >= 15 is 4.57 Å². The van der Waals surface area contributed by atoms with E-state index in [0.29, 0.717) is 19.3 Å². The lowest BCUT2D eigenvalue weighted by Gasteiger charge is -2.46. The average Bonchev–Trinajstić information content (AvgIpc) is 0.774. The molecule has 582 valence electrons. The highest BCUT2D eigenvalue weighted by molar-refractivity contribution is 7.49. The van der Waals surface area contributed by atoms with Crippen LogP contribution in [0.25, 0.3) is 0 Å². The third-order valence-corrected chi connectivity index (χ3v) is 19.1. The number of carbonyl (C=O) groups excluding carboxylic acids is 6. The topological polar surface area (TPSA) is 298 Å². The van der Waals surface area contributed by atoms with Gasteiger partial charge in [0.25, 0.3) is 0 Å². The maximum Gasteiger partial charge on any atom is 0.588 e. The number of hydrogen-bond donors (Lipinski definition) is 5. The molecule has 23 nitrogen and oxygen atoms in total. The van der Waals surface area contributed by atoms with Gasteiger partial charge in [0.05, 0.1) is 6.61 Å². The van der Waals surface area contributed by atoms with Crippen LogP contribution in [0.2, 0.25) is 0 Å². The molecule has 0 unspecified atom stereocenters. The van der Waals surface area contributed by atoms with Crippen molar-refractivity contribution in [2.24, 2.45) is 0 Å². The maximum absolute atomic E-state index is 15.5. The number of amides is 3. The number of carbonyl (C=O) groups is 6. The van der Waals surface area contributed by atoms with Crippen LogP contribution in [0.4, 0.5) is 9.59 Å². The summed E-state index contributed by atoms with van der Waals surface area (Å²) in [5.41, 5.74) is 0. The summed E-state index contributed by atoms with van der Waals surface area (Å²) in [7, 11) is -5.19. The lowest BCUT2D eigenvalue weighted by molar-refractivity contribution is -0.298. The van der Waals surface area contributed by atoms with Crippen LogP contribution in [-0.4, -0.2) is 148 Å². The molecule has 2 saturated heterocycles. The fourth-order valence-corrected chi connectivity index (χ4v) is 13.4. The van der Waals surface area contributed by atoms with Gasteiger partial charge in [0.15, 0.2) is 24.8 Å². The van der Waals surface area contributed by atoms with E-state index < -0.39 is 146 Å². The van der Waals surface area contributed by atoms with Gasteiger partial charge in [-0.1, -0.05) is 307 Å². The largest absolute Gasteiger partial charge is 0.588 e. The highest BCUT2D eigenvalue weighted by Crippen LogP contribution is 2.53. The number of rotatable bonds is 53. The molecule has 3 amide bonds. The van der Waals surface area contributed by atoms with Crippen LogP contribution in [0.15, 0.2) is 60.7 Å². The van der Waals surface area contributed by atoms with Crippen LogP contribution in [0.3, 0.4) is 0 Å². The van der Waals surface area contributed by atoms with Gasteiger partial charge in [0.2, 0.25) is 19.4 Å². The molecule has 2 aliphatic rings. The van der Waals surface area contributed by atoms with Gasteiger partial charge in [-0.2, -0.15) is 0 Å². The molecule has 2 aliphatic heterocycles. The van der Waals surface area contributed by atoms with Crippen molar-refractivity contribution in [3.8, 4) is 11.5 Å². The summed E-state index contributed by atoms with van der Waals surface area (Å²) in [5, 5.41) is 31.9. The number of nitrogens with one attached hydrogen (secondary N) is 3. The van der Waals surface area contributed by atoms with Gasteiger partial charge in [0, 0.05) is 19.3 Å². The Kier molecular flexibility index (Phi) is 46.4. The van der Waals surface area contributed by atoms with Gasteiger partial charge >= 0.3 is 32.0 Å². The summed E-state index contributed by atoms with van der Waals surface area (Å²) in [6.45, 7) is 2.21. The first-order chi connectivity index (χ1) is 48.9. The Balaban J connectivity index is 1.73. The molecule has 2 aromatic rings. The number of halogens is 6. The second kappa shape index (κ2) is 52.2. The first kappa shape index (κ1) is 90.6. The van der Waals surface area contributed by atoms with Crippen molar-refractivity contribution in [1.29, 1.82) is 0 Å². The second-order valence-corrected chi connectivity index (χ2v) is 32.5. The summed E-state index contributed by atoms with van der Waals surface area (Å²) in [5.74, 6) is -3.05. The Bertz CT molecular complexity index is 2650. The predicted molar refractivity (Wildman–Crippen MR) is 393 cm³/mol. The molecule has 30 heteroatoms. The normalized spacial score (nSPS) is 20.7. The Hall–Kier alpha value is -3.81. The van der Waals surface area contributed by atoms with Crippen LogP contribution in [-0.2, 0) is 66.2 Å². The number of phosphoric acid groups is 1. The van der Waals surface area contributed by atoms with E-state index in [1.54, 1.807) is 36.4 Å². The summed E-state index contributed by atoms with van der Waals surface area (Å²) in [6, 6.07) is 11.8.